The van der Waals surface area contributed by atoms with Crippen LogP contribution in [0.5, 0.6) is 0 Å². The Hall–Kier alpha value is -2.53. The molecule has 342 valence electrons. The molecule has 0 aliphatic heterocycles. The number of ether oxygens (including phenoxy) is 2. The molecule has 2 amide bonds. The van der Waals surface area contributed by atoms with E-state index in [-0.39, 0.29) is 44.2 Å². The molecule has 0 aliphatic carbocycles. The Labute approximate surface area is 330 Å². The molecule has 2 N–H and O–H groups in total. The number of hydrogen-bond acceptors (Lipinski definition) is 10. The Morgan fingerprint density at radius 3 is 1.57 bits per heavy atom. The van der Waals surface area contributed by atoms with Gasteiger partial charge in [-0.05, 0) is 44.6 Å². The molecule has 0 aliphatic rings. The van der Waals surface area contributed by atoms with Gasteiger partial charge < -0.3 is 57.5 Å². The van der Waals surface area contributed by atoms with E-state index in [0.29, 0.717) is 49.9 Å². The van der Waals surface area contributed by atoms with Gasteiger partial charge in [0.15, 0.2) is 0 Å². The van der Waals surface area contributed by atoms with Crippen LogP contribution in [0.4, 0.5) is 26.3 Å². The second-order valence-corrected chi connectivity index (χ2v) is 19.7. The van der Waals surface area contributed by atoms with Crippen molar-refractivity contribution < 1.29 is 96.9 Å². The molecule has 0 saturated heterocycles. The molecule has 0 bridgehead atoms. The molecule has 56 heavy (non-hydrogen) atoms. The number of allylic oxidation sites excluding steroid dienone is 1. The number of carbonyl (C=O) groups excluding carboxylic acids is 5. The predicted molar refractivity (Wildman–Crippen MR) is 184 cm³/mol. The molecule has 27 heteroatoms. The zero-order valence-electron chi connectivity index (χ0n) is 30.7. The maximum Gasteiger partial charge on any atom is 0.471 e. The number of carbonyl (C=O) groups is 5. The van der Waals surface area contributed by atoms with E-state index < -0.39 is 63.3 Å². The second kappa shape index (κ2) is 39.3. The summed E-state index contributed by atoms with van der Waals surface area (Å²) in [6, 6.07) is 0.545. The zero-order valence-corrected chi connectivity index (χ0v) is 34.1. The highest BCUT2D eigenvalue weighted by molar-refractivity contribution is 7.55. The number of halogens is 13. The Balaban J connectivity index is -0.0000000884. The van der Waals surface area contributed by atoms with Crippen molar-refractivity contribution in [3.05, 3.63) is 11.8 Å². The van der Waals surface area contributed by atoms with Gasteiger partial charge in [0.2, 0.25) is 5.78 Å². The molecule has 0 saturated carbocycles. The first-order valence-electron chi connectivity index (χ1n) is 15.1. The van der Waals surface area contributed by atoms with E-state index in [0.717, 1.165) is 33.3 Å². The summed E-state index contributed by atoms with van der Waals surface area (Å²) in [4.78, 5) is 55.0. The third-order valence-electron chi connectivity index (χ3n) is 5.47. The molecule has 0 heterocycles. The van der Waals surface area contributed by atoms with Gasteiger partial charge in [-0.1, -0.05) is 40.1 Å². The van der Waals surface area contributed by atoms with E-state index in [1.807, 2.05) is 19.6 Å². The summed E-state index contributed by atoms with van der Waals surface area (Å²) in [5, 5.41) is 2.84. The molecule has 12 nitrogen and oxygen atoms in total. The Kier molecular flexibility index (Phi) is 52.2. The Morgan fingerprint density at radius 2 is 1.21 bits per heavy atom. The van der Waals surface area contributed by atoms with Gasteiger partial charge in [-0.3, -0.25) is 14.2 Å². The van der Waals surface area contributed by atoms with Crippen molar-refractivity contribution in [2.75, 3.05) is 39.2 Å². The zero-order chi connectivity index (χ0) is 39.6. The number of alkyl halides is 8. The highest BCUT2D eigenvalue weighted by Gasteiger charge is 2.48. The number of unbranched alkanes of at least 4 members (excludes halogenated alkanes) is 4. The monoisotopic (exact) mass is 925 g/mol. The van der Waals surface area contributed by atoms with Crippen molar-refractivity contribution in [3.63, 3.8) is 0 Å². The van der Waals surface area contributed by atoms with Crippen LogP contribution in [-0.2, 0) is 47.1 Å². The topological polar surface area (TPSA) is 163 Å². The fourth-order valence-electron chi connectivity index (χ4n) is 2.75. The van der Waals surface area contributed by atoms with Gasteiger partial charge >= 0.3 is 43.7 Å². The van der Waals surface area contributed by atoms with Crippen LogP contribution < -0.4 is 34.2 Å². The highest BCUT2D eigenvalue weighted by Crippen LogP contribution is 2.51. The van der Waals surface area contributed by atoms with Crippen molar-refractivity contribution in [2.45, 2.75) is 103 Å². The molecule has 1 unspecified atom stereocenters. The number of esters is 2. The Bertz CT molecular complexity index is 1120. The summed E-state index contributed by atoms with van der Waals surface area (Å²) in [6.45, 7) is 7.74. The summed E-state index contributed by atoms with van der Waals surface area (Å²) in [5.41, 5.74) is -0.490. The van der Waals surface area contributed by atoms with E-state index in [1.54, 1.807) is 6.92 Å². The van der Waals surface area contributed by atoms with E-state index in [9.17, 15) is 54.9 Å². The van der Waals surface area contributed by atoms with Crippen LogP contribution in [0.15, 0.2) is 11.8 Å². The largest absolute Gasteiger partial charge is 1.00 e. The van der Waals surface area contributed by atoms with Crippen LogP contribution in [0.1, 0.15) is 59.3 Å². The van der Waals surface area contributed by atoms with E-state index in [1.165, 1.54) is 16.7 Å². The molecule has 0 aromatic heterocycles. The van der Waals surface area contributed by atoms with Crippen LogP contribution in [0, 0.1) is 0 Å². The lowest BCUT2D eigenvalue weighted by Crippen LogP contribution is -3.00. The van der Waals surface area contributed by atoms with Crippen molar-refractivity contribution in [1.82, 2.24) is 10.6 Å². The molecule has 0 radical (unpaired) electrons. The van der Waals surface area contributed by atoms with Gasteiger partial charge in [-0.25, -0.2) is 9.59 Å². The number of amides is 2. The first-order chi connectivity index (χ1) is 23.0. The highest BCUT2D eigenvalue weighted by atomic mass is 35.5. The molecule has 1 atom stereocenters. The first-order valence-corrected chi connectivity index (χ1v) is 21.5. The third kappa shape index (κ3) is 38.3. The number of aldehydes is 1. The van der Waals surface area contributed by atoms with Crippen molar-refractivity contribution in [2.24, 2.45) is 0 Å². The van der Waals surface area contributed by atoms with Crippen molar-refractivity contribution in [1.29, 1.82) is 0 Å². The van der Waals surface area contributed by atoms with Crippen LogP contribution >= 0.6 is 30.8 Å². The van der Waals surface area contributed by atoms with E-state index in [2.05, 4.69) is 9.05 Å². The molecular weight excluding hydrogens is 875 g/mol. The van der Waals surface area contributed by atoms with Gasteiger partial charge in [0.25, 0.3) is 0 Å². The molecular formula is C29H51Cl2F11N2O10PSi-5. The normalized spacial score (nSPS) is 11.3. The fraction of sp³-hybridized carbons (Fsp3) is 0.759. The molecule has 0 aromatic rings. The lowest BCUT2D eigenvalue weighted by molar-refractivity contribution is -0.175. The van der Waals surface area contributed by atoms with Crippen LogP contribution in [-0.4, -0.2) is 95.4 Å². The maximum absolute atomic E-state index is 12.3. The lowest BCUT2D eigenvalue weighted by atomic mass is 10.2. The first kappa shape index (κ1) is 74.4. The summed E-state index contributed by atoms with van der Waals surface area (Å²) >= 11 is 10.8. The summed E-state index contributed by atoms with van der Waals surface area (Å²) in [7, 11) is -4.14. The average Bonchev–Trinajstić information content (AvgIpc) is 3.02. The van der Waals surface area contributed by atoms with Crippen LogP contribution in [0.25, 0.3) is 0 Å². The molecule has 0 aromatic carbocycles. The predicted octanol–water partition coefficient (Wildman–Crippen LogP) is -7.48. The van der Waals surface area contributed by atoms with Crippen molar-refractivity contribution in [3.8, 4) is 0 Å². The van der Waals surface area contributed by atoms with Gasteiger partial charge in [0.1, 0.15) is 12.0 Å². The SMILES string of the molecule is C.CCCOC(=O)C(=CCCCCCl)NC(=O)C(F)(F)F.COP(=O)(OC)C(NC(=O)C(F)(F)F)C(=O)OCC[Si](C)(C)C.O=CCCCCCl.[F-].[F-].[F-].[F-].[F-]. The minimum absolute atomic E-state index is 0. The van der Waals surface area contributed by atoms with Gasteiger partial charge in [0, 0.05) is 40.5 Å². The van der Waals surface area contributed by atoms with Crippen LogP contribution in [0.2, 0.25) is 25.7 Å². The quantitative estimate of drug-likeness (QED) is 0.0176. The van der Waals surface area contributed by atoms with E-state index >= 15 is 0 Å². The number of rotatable bonds is 20. The molecule has 0 rings (SSSR count). The molecule has 0 fully saturated rings. The summed E-state index contributed by atoms with van der Waals surface area (Å²) in [5.74, 6) is -8.04. The Morgan fingerprint density at radius 1 is 0.768 bits per heavy atom. The maximum atomic E-state index is 12.3. The van der Waals surface area contributed by atoms with Crippen LogP contribution in [0.3, 0.4) is 0 Å². The number of hydrogen-bond donors (Lipinski definition) is 2. The standard InChI is InChI=1S/C12H17ClF3NO3.C11H21F3NO6PSi.C5H9ClO.CH4.5FH/c1-2-8-20-10(18)9(6-4-3-5-7-13)17-11(19)12(14,15)16;1-19-22(18,20-2)8(15-10(17)11(12,13)14)9(16)21-6-7-23(3,4)5;6-4-2-1-3-5-7;;;;;;/h6H,2-5,7-8H2,1H3,(H,17,19);8H,6-7H2,1-5H3,(H,15,17);5H,1-4H2;1H4;5*1H/p-5. The fourth-order valence-corrected chi connectivity index (χ4v) is 5.02. The smallest absolute Gasteiger partial charge is 0.471 e. The summed E-state index contributed by atoms with van der Waals surface area (Å²) < 4.78 is 104. The average molecular weight is 927 g/mol. The molecule has 0 spiro atoms. The van der Waals surface area contributed by atoms with Gasteiger partial charge in [0.05, 0.1) is 13.2 Å². The minimum Gasteiger partial charge on any atom is -1.00 e. The summed E-state index contributed by atoms with van der Waals surface area (Å²) in [6.07, 6.45) is -3.53. The van der Waals surface area contributed by atoms with E-state index in [4.69, 9.17) is 32.7 Å². The number of nitrogens with one attached hydrogen (secondary N) is 2. The lowest BCUT2D eigenvalue weighted by Gasteiger charge is -2.24. The third-order valence-corrected chi connectivity index (χ3v) is 9.70. The van der Waals surface area contributed by atoms with Gasteiger partial charge in [-0.2, -0.15) is 26.3 Å². The minimum atomic E-state index is -5.26. The van der Waals surface area contributed by atoms with Crippen molar-refractivity contribution >= 4 is 68.9 Å². The van der Waals surface area contributed by atoms with Gasteiger partial charge in [-0.15, -0.1) is 23.2 Å². The second-order valence-electron chi connectivity index (χ2n) is 11.0.